The molecule has 0 radical (unpaired) electrons. The van der Waals surface area contributed by atoms with Crippen molar-refractivity contribution < 1.29 is 21.6 Å². The zero-order chi connectivity index (χ0) is 19.6. The second kappa shape index (κ2) is 7.44. The molecule has 0 spiro atoms. The number of sulfonamides is 1. The number of anilines is 1. The molecule has 0 saturated heterocycles. The standard InChI is InChI=1S/C20H16F3NO2S/c1-14-2-8-18(9-3-14)24(13-15-4-5-17(22)12-20(15)23)27(25,26)19-10-6-16(21)7-11-19/h2-12H,13H2,1H3. The van der Waals surface area contributed by atoms with Gasteiger partial charge in [-0.2, -0.15) is 0 Å². The van der Waals surface area contributed by atoms with Crippen LogP contribution in [0.4, 0.5) is 18.9 Å². The minimum atomic E-state index is -4.10. The second-order valence-corrected chi connectivity index (χ2v) is 7.90. The fraction of sp³-hybridized carbons (Fsp3) is 0.100. The fourth-order valence-corrected chi connectivity index (χ4v) is 4.01. The molecule has 0 heterocycles. The Morgan fingerprint density at radius 3 is 2.00 bits per heavy atom. The van der Waals surface area contributed by atoms with Crippen LogP contribution in [0.25, 0.3) is 0 Å². The summed E-state index contributed by atoms with van der Waals surface area (Å²) in [5.41, 5.74) is 1.25. The largest absolute Gasteiger partial charge is 0.264 e. The zero-order valence-corrected chi connectivity index (χ0v) is 15.2. The molecule has 140 valence electrons. The lowest BCUT2D eigenvalue weighted by Crippen LogP contribution is -2.31. The molecule has 0 saturated carbocycles. The number of nitrogens with zero attached hydrogens (tertiary/aromatic N) is 1. The summed E-state index contributed by atoms with van der Waals surface area (Å²) >= 11 is 0. The van der Waals surface area contributed by atoms with Crippen molar-refractivity contribution in [2.24, 2.45) is 0 Å². The highest BCUT2D eigenvalue weighted by atomic mass is 32.2. The van der Waals surface area contributed by atoms with Gasteiger partial charge in [-0.05, 0) is 49.4 Å². The lowest BCUT2D eigenvalue weighted by Gasteiger charge is -2.25. The molecule has 0 aromatic heterocycles. The first-order chi connectivity index (χ1) is 12.8. The van der Waals surface area contributed by atoms with E-state index in [1.165, 1.54) is 6.07 Å². The maximum Gasteiger partial charge on any atom is 0.264 e. The second-order valence-electron chi connectivity index (χ2n) is 6.04. The molecule has 27 heavy (non-hydrogen) atoms. The summed E-state index contributed by atoms with van der Waals surface area (Å²) in [6, 6.07) is 14.0. The summed E-state index contributed by atoms with van der Waals surface area (Å²) in [5, 5.41) is 0. The molecular weight excluding hydrogens is 375 g/mol. The Hall–Kier alpha value is -2.80. The van der Waals surface area contributed by atoms with Crippen LogP contribution in [0.3, 0.4) is 0 Å². The van der Waals surface area contributed by atoms with Crippen molar-refractivity contribution in [3.63, 3.8) is 0 Å². The Morgan fingerprint density at radius 1 is 0.815 bits per heavy atom. The lowest BCUT2D eigenvalue weighted by molar-refractivity contribution is 0.569. The minimum absolute atomic E-state index is 0.0164. The van der Waals surface area contributed by atoms with Crippen LogP contribution < -0.4 is 4.31 Å². The van der Waals surface area contributed by atoms with Crippen molar-refractivity contribution in [2.45, 2.75) is 18.4 Å². The third-order valence-corrected chi connectivity index (χ3v) is 5.84. The molecule has 0 aliphatic rings. The smallest absolute Gasteiger partial charge is 0.262 e. The van der Waals surface area contributed by atoms with Crippen molar-refractivity contribution >= 4 is 15.7 Å². The Kier molecular flexibility index (Phi) is 5.23. The fourth-order valence-electron chi connectivity index (χ4n) is 2.56. The van der Waals surface area contributed by atoms with Crippen LogP contribution in [0.2, 0.25) is 0 Å². The molecule has 3 aromatic rings. The molecule has 0 aliphatic carbocycles. The zero-order valence-electron chi connectivity index (χ0n) is 14.4. The molecule has 3 aromatic carbocycles. The molecule has 7 heteroatoms. The van der Waals surface area contributed by atoms with Gasteiger partial charge in [0.1, 0.15) is 17.5 Å². The molecule has 0 N–H and O–H groups in total. The van der Waals surface area contributed by atoms with E-state index in [0.717, 1.165) is 40.2 Å². The van der Waals surface area contributed by atoms with Crippen LogP contribution in [-0.2, 0) is 16.6 Å². The summed E-state index contributed by atoms with van der Waals surface area (Å²) in [7, 11) is -4.10. The Bertz CT molecular complexity index is 1050. The van der Waals surface area contributed by atoms with E-state index >= 15 is 0 Å². The average molecular weight is 391 g/mol. The number of rotatable bonds is 5. The normalized spacial score (nSPS) is 11.4. The summed E-state index contributed by atoms with van der Waals surface area (Å²) < 4.78 is 67.7. The third kappa shape index (κ3) is 4.14. The van der Waals surface area contributed by atoms with Crippen LogP contribution in [-0.4, -0.2) is 8.42 Å². The van der Waals surface area contributed by atoms with Crippen LogP contribution in [0, 0.1) is 24.4 Å². The number of hydrogen-bond acceptors (Lipinski definition) is 2. The van der Waals surface area contributed by atoms with Gasteiger partial charge in [0.15, 0.2) is 0 Å². The first-order valence-electron chi connectivity index (χ1n) is 8.06. The van der Waals surface area contributed by atoms with Crippen molar-refractivity contribution in [1.82, 2.24) is 0 Å². The van der Waals surface area contributed by atoms with Crippen molar-refractivity contribution in [1.29, 1.82) is 0 Å². The van der Waals surface area contributed by atoms with E-state index in [4.69, 9.17) is 0 Å². The highest BCUT2D eigenvalue weighted by Crippen LogP contribution is 2.27. The Balaban J connectivity index is 2.09. The predicted octanol–water partition coefficient (Wildman–Crippen LogP) is 4.81. The summed E-state index contributed by atoms with van der Waals surface area (Å²) in [6.45, 7) is 1.51. The quantitative estimate of drug-likeness (QED) is 0.626. The van der Waals surface area contributed by atoms with Gasteiger partial charge < -0.3 is 0 Å². The SMILES string of the molecule is Cc1ccc(N(Cc2ccc(F)cc2F)S(=O)(=O)c2ccc(F)cc2)cc1. The van der Waals surface area contributed by atoms with E-state index in [-0.39, 0.29) is 17.0 Å². The molecule has 0 amide bonds. The van der Waals surface area contributed by atoms with E-state index in [9.17, 15) is 21.6 Å². The van der Waals surface area contributed by atoms with Crippen molar-refractivity contribution in [2.75, 3.05) is 4.31 Å². The Morgan fingerprint density at radius 2 is 1.41 bits per heavy atom. The topological polar surface area (TPSA) is 37.4 Å². The molecule has 3 nitrogen and oxygen atoms in total. The summed E-state index contributed by atoms with van der Waals surface area (Å²) in [5.74, 6) is -2.17. The molecule has 0 atom stereocenters. The molecular formula is C20H16F3NO2S. The van der Waals surface area contributed by atoms with E-state index in [1.807, 2.05) is 6.92 Å². The third-order valence-electron chi connectivity index (χ3n) is 4.05. The number of halogens is 3. The molecule has 0 fully saturated rings. The first kappa shape index (κ1) is 19.0. The van der Waals surface area contributed by atoms with Gasteiger partial charge in [0, 0.05) is 11.6 Å². The van der Waals surface area contributed by atoms with Crippen LogP contribution >= 0.6 is 0 Å². The van der Waals surface area contributed by atoms with Gasteiger partial charge in [0.25, 0.3) is 10.0 Å². The van der Waals surface area contributed by atoms with Gasteiger partial charge in [0.05, 0.1) is 17.1 Å². The van der Waals surface area contributed by atoms with Crippen molar-refractivity contribution in [3.05, 3.63) is 95.3 Å². The van der Waals surface area contributed by atoms with Gasteiger partial charge in [0.2, 0.25) is 0 Å². The maximum absolute atomic E-state index is 14.1. The maximum atomic E-state index is 14.1. The number of aryl methyl sites for hydroxylation is 1. The van der Waals surface area contributed by atoms with Gasteiger partial charge in [-0.3, -0.25) is 4.31 Å². The van der Waals surface area contributed by atoms with E-state index in [0.29, 0.717) is 11.8 Å². The monoisotopic (exact) mass is 391 g/mol. The predicted molar refractivity (Wildman–Crippen MR) is 97.3 cm³/mol. The van der Waals surface area contributed by atoms with Crippen LogP contribution in [0.1, 0.15) is 11.1 Å². The molecule has 0 aliphatic heterocycles. The molecule has 0 unspecified atom stereocenters. The van der Waals surface area contributed by atoms with E-state index in [2.05, 4.69) is 0 Å². The van der Waals surface area contributed by atoms with Gasteiger partial charge >= 0.3 is 0 Å². The van der Waals surface area contributed by atoms with Gasteiger partial charge in [-0.1, -0.05) is 23.8 Å². The summed E-state index contributed by atoms with van der Waals surface area (Å²) in [6.07, 6.45) is 0. The van der Waals surface area contributed by atoms with E-state index in [1.54, 1.807) is 24.3 Å². The first-order valence-corrected chi connectivity index (χ1v) is 9.50. The van der Waals surface area contributed by atoms with Crippen molar-refractivity contribution in [3.8, 4) is 0 Å². The van der Waals surface area contributed by atoms with E-state index < -0.39 is 27.5 Å². The number of hydrogen-bond donors (Lipinski definition) is 0. The van der Waals surface area contributed by atoms with Crippen LogP contribution in [0.5, 0.6) is 0 Å². The lowest BCUT2D eigenvalue weighted by atomic mass is 10.2. The summed E-state index contributed by atoms with van der Waals surface area (Å²) in [4.78, 5) is -0.132. The van der Waals surface area contributed by atoms with Gasteiger partial charge in [-0.15, -0.1) is 0 Å². The molecule has 3 rings (SSSR count). The minimum Gasteiger partial charge on any atom is -0.262 e. The molecule has 0 bridgehead atoms. The highest BCUT2D eigenvalue weighted by molar-refractivity contribution is 7.92. The highest BCUT2D eigenvalue weighted by Gasteiger charge is 2.26. The van der Waals surface area contributed by atoms with Gasteiger partial charge in [-0.25, -0.2) is 21.6 Å². The van der Waals surface area contributed by atoms with Crippen LogP contribution in [0.15, 0.2) is 71.6 Å². The number of benzene rings is 3. The average Bonchev–Trinajstić information content (AvgIpc) is 2.62. The Labute approximate surface area is 155 Å².